The van der Waals surface area contributed by atoms with Crippen LogP contribution >= 0.6 is 15.9 Å². The van der Waals surface area contributed by atoms with Crippen molar-refractivity contribution in [2.24, 2.45) is 0 Å². The Balaban J connectivity index is 1.53. The molecule has 1 aliphatic heterocycles. The molecule has 0 aliphatic carbocycles. The van der Waals surface area contributed by atoms with Gasteiger partial charge in [-0.25, -0.2) is 4.79 Å². The summed E-state index contributed by atoms with van der Waals surface area (Å²) < 4.78 is 2.83. The summed E-state index contributed by atoms with van der Waals surface area (Å²) in [6, 6.07) is 13.6. The number of para-hydroxylation sites is 2. The van der Waals surface area contributed by atoms with E-state index < -0.39 is 0 Å². The average molecular weight is 414 g/mol. The maximum atomic E-state index is 12.8. The second kappa shape index (κ2) is 6.76. The van der Waals surface area contributed by atoms with Crippen molar-refractivity contribution < 1.29 is 4.79 Å². The van der Waals surface area contributed by atoms with Crippen molar-refractivity contribution >= 4 is 32.9 Å². The first-order chi connectivity index (χ1) is 12.5. The molecule has 2 heterocycles. The maximum absolute atomic E-state index is 12.8. The molecule has 0 radical (unpaired) electrons. The van der Waals surface area contributed by atoms with E-state index in [1.54, 1.807) is 0 Å². The molecule has 0 unspecified atom stereocenters. The number of piperidine rings is 1. The summed E-state index contributed by atoms with van der Waals surface area (Å²) in [4.78, 5) is 30.0. The zero-order chi connectivity index (χ0) is 18.3. The highest BCUT2D eigenvalue weighted by Gasteiger charge is 2.27. The third-order valence-electron chi connectivity index (χ3n) is 5.16. The van der Waals surface area contributed by atoms with Gasteiger partial charge in [0, 0.05) is 29.2 Å². The number of amides is 1. The first-order valence-corrected chi connectivity index (χ1v) is 9.58. The van der Waals surface area contributed by atoms with Crippen LogP contribution in [0.15, 0.2) is 51.7 Å². The van der Waals surface area contributed by atoms with Gasteiger partial charge in [0.05, 0.1) is 11.0 Å². The average Bonchev–Trinajstić information content (AvgIpc) is 2.97. The number of carbonyl (C=O) groups excluding carboxylic acids is 1. The lowest BCUT2D eigenvalue weighted by atomic mass is 10.0. The number of nitrogens with one attached hydrogen (secondary N) is 1. The Morgan fingerprint density at radius 3 is 2.62 bits per heavy atom. The third-order valence-corrected chi connectivity index (χ3v) is 5.65. The summed E-state index contributed by atoms with van der Waals surface area (Å²) in [5, 5.41) is 0. The quantitative estimate of drug-likeness (QED) is 0.692. The van der Waals surface area contributed by atoms with Gasteiger partial charge in [0.15, 0.2) is 0 Å². The van der Waals surface area contributed by atoms with E-state index >= 15 is 0 Å². The Morgan fingerprint density at radius 2 is 1.88 bits per heavy atom. The number of H-pyrrole nitrogens is 1. The third kappa shape index (κ3) is 2.98. The molecule has 0 saturated carbocycles. The van der Waals surface area contributed by atoms with Crippen LogP contribution in [0.1, 0.15) is 34.8 Å². The summed E-state index contributed by atoms with van der Waals surface area (Å²) in [5.41, 5.74) is 3.45. The highest BCUT2D eigenvalue weighted by atomic mass is 79.9. The molecule has 1 N–H and O–H groups in total. The second-order valence-corrected chi connectivity index (χ2v) is 7.72. The number of fused-ring (bicyclic) bond motifs is 1. The number of aromatic nitrogens is 2. The highest BCUT2D eigenvalue weighted by molar-refractivity contribution is 9.10. The molecule has 6 heteroatoms. The van der Waals surface area contributed by atoms with E-state index in [1.807, 2.05) is 58.9 Å². The Kier molecular flexibility index (Phi) is 4.44. The van der Waals surface area contributed by atoms with E-state index in [9.17, 15) is 9.59 Å². The number of aryl methyl sites for hydroxylation is 1. The standard InChI is InChI=1S/C20H20BrN3O2/c1-13-12-14(21)6-7-16(13)19(25)23-10-8-15(9-11-23)24-18-5-3-2-4-17(18)22-20(24)26/h2-7,12,15H,8-11H2,1H3,(H,22,26). The minimum atomic E-state index is -0.0697. The van der Waals surface area contributed by atoms with E-state index in [1.165, 1.54) is 0 Å². The fourth-order valence-electron chi connectivity index (χ4n) is 3.80. The molecule has 3 aromatic rings. The molecule has 1 saturated heterocycles. The lowest BCUT2D eigenvalue weighted by Crippen LogP contribution is -2.40. The Hall–Kier alpha value is -2.34. The molecule has 4 rings (SSSR count). The van der Waals surface area contributed by atoms with Crippen LogP contribution in [0.2, 0.25) is 0 Å². The number of hydrogen-bond acceptors (Lipinski definition) is 2. The van der Waals surface area contributed by atoms with Crippen LogP contribution in [-0.4, -0.2) is 33.4 Å². The zero-order valence-corrected chi connectivity index (χ0v) is 16.1. The molecular weight excluding hydrogens is 394 g/mol. The number of imidazole rings is 1. The summed E-state index contributed by atoms with van der Waals surface area (Å²) in [5.74, 6) is 0.0692. The number of likely N-dealkylation sites (tertiary alicyclic amines) is 1. The van der Waals surface area contributed by atoms with Crippen LogP contribution < -0.4 is 5.69 Å². The number of hydrogen-bond donors (Lipinski definition) is 1. The molecular formula is C20H20BrN3O2. The Labute approximate surface area is 159 Å². The van der Waals surface area contributed by atoms with Gasteiger partial charge in [-0.15, -0.1) is 0 Å². The van der Waals surface area contributed by atoms with Crippen molar-refractivity contribution in [2.75, 3.05) is 13.1 Å². The van der Waals surface area contributed by atoms with E-state index in [0.29, 0.717) is 13.1 Å². The number of halogens is 1. The van der Waals surface area contributed by atoms with Gasteiger partial charge in [-0.1, -0.05) is 28.1 Å². The largest absolute Gasteiger partial charge is 0.338 e. The van der Waals surface area contributed by atoms with Crippen LogP contribution in [0.3, 0.4) is 0 Å². The van der Waals surface area contributed by atoms with Gasteiger partial charge >= 0.3 is 5.69 Å². The predicted molar refractivity (Wildman–Crippen MR) is 106 cm³/mol. The van der Waals surface area contributed by atoms with E-state index in [2.05, 4.69) is 20.9 Å². The monoisotopic (exact) mass is 413 g/mol. The Bertz CT molecular complexity index is 1030. The fraction of sp³-hybridized carbons (Fsp3) is 0.300. The predicted octanol–water partition coefficient (Wildman–Crippen LogP) is 3.88. The molecule has 1 aliphatic rings. The number of nitrogens with zero attached hydrogens (tertiary/aromatic N) is 2. The Morgan fingerprint density at radius 1 is 1.15 bits per heavy atom. The SMILES string of the molecule is Cc1cc(Br)ccc1C(=O)N1CCC(n2c(=O)[nH]c3ccccc32)CC1. The normalized spacial score (nSPS) is 15.5. The fourth-order valence-corrected chi connectivity index (χ4v) is 4.28. The lowest BCUT2D eigenvalue weighted by Gasteiger charge is -2.33. The van der Waals surface area contributed by atoms with Crippen molar-refractivity contribution in [1.29, 1.82) is 0 Å². The summed E-state index contributed by atoms with van der Waals surface area (Å²) in [7, 11) is 0. The minimum absolute atomic E-state index is 0.0692. The molecule has 26 heavy (non-hydrogen) atoms. The highest BCUT2D eigenvalue weighted by Crippen LogP contribution is 2.26. The molecule has 1 fully saturated rings. The maximum Gasteiger partial charge on any atom is 0.326 e. The van der Waals surface area contributed by atoms with Crippen molar-refractivity contribution in [3.8, 4) is 0 Å². The molecule has 134 valence electrons. The molecule has 0 bridgehead atoms. The van der Waals surface area contributed by atoms with Gasteiger partial charge in [0.25, 0.3) is 5.91 Å². The zero-order valence-electron chi connectivity index (χ0n) is 14.5. The van der Waals surface area contributed by atoms with Gasteiger partial charge in [0.1, 0.15) is 0 Å². The summed E-state index contributed by atoms with van der Waals surface area (Å²) >= 11 is 3.44. The van der Waals surface area contributed by atoms with Gasteiger partial charge in [-0.3, -0.25) is 9.36 Å². The smallest absolute Gasteiger partial charge is 0.326 e. The molecule has 5 nitrogen and oxygen atoms in total. The summed E-state index contributed by atoms with van der Waals surface area (Å²) in [6.45, 7) is 3.27. The van der Waals surface area contributed by atoms with Crippen LogP contribution in [0, 0.1) is 6.92 Å². The van der Waals surface area contributed by atoms with Crippen LogP contribution in [0.4, 0.5) is 0 Å². The van der Waals surface area contributed by atoms with Gasteiger partial charge in [-0.05, 0) is 55.7 Å². The van der Waals surface area contributed by atoms with E-state index in [4.69, 9.17) is 0 Å². The van der Waals surface area contributed by atoms with Crippen LogP contribution in [0.25, 0.3) is 11.0 Å². The number of rotatable bonds is 2. The van der Waals surface area contributed by atoms with Gasteiger partial charge in [0.2, 0.25) is 0 Å². The number of aromatic amines is 1. The molecule has 2 aromatic carbocycles. The minimum Gasteiger partial charge on any atom is -0.338 e. The van der Waals surface area contributed by atoms with Gasteiger partial charge in [-0.2, -0.15) is 0 Å². The second-order valence-electron chi connectivity index (χ2n) is 6.80. The number of benzene rings is 2. The lowest BCUT2D eigenvalue weighted by molar-refractivity contribution is 0.0694. The number of carbonyl (C=O) groups is 1. The van der Waals surface area contributed by atoms with Crippen molar-refractivity contribution in [3.05, 3.63) is 68.5 Å². The summed E-state index contributed by atoms with van der Waals surface area (Å²) in [6.07, 6.45) is 1.56. The molecule has 1 aromatic heterocycles. The van der Waals surface area contributed by atoms with E-state index in [0.717, 1.165) is 39.5 Å². The first-order valence-electron chi connectivity index (χ1n) is 8.79. The topological polar surface area (TPSA) is 58.1 Å². The molecule has 0 spiro atoms. The van der Waals surface area contributed by atoms with E-state index in [-0.39, 0.29) is 17.6 Å². The van der Waals surface area contributed by atoms with Gasteiger partial charge < -0.3 is 9.88 Å². The first kappa shape index (κ1) is 17.1. The van der Waals surface area contributed by atoms with Crippen molar-refractivity contribution in [3.63, 3.8) is 0 Å². The van der Waals surface area contributed by atoms with Crippen molar-refractivity contribution in [1.82, 2.24) is 14.5 Å². The van der Waals surface area contributed by atoms with Crippen molar-refractivity contribution in [2.45, 2.75) is 25.8 Å². The van der Waals surface area contributed by atoms with Crippen LogP contribution in [-0.2, 0) is 0 Å². The molecule has 0 atom stereocenters. The van der Waals surface area contributed by atoms with Crippen LogP contribution in [0.5, 0.6) is 0 Å². The molecule has 1 amide bonds.